The number of nitrogens with one attached hydrogen (secondary N) is 1. The second kappa shape index (κ2) is 9.90. The average Bonchev–Trinajstić information content (AvgIpc) is 3.38. The number of benzene rings is 2. The molecule has 0 amide bonds. The Labute approximate surface area is 223 Å². The number of hydrogen-bond acceptors (Lipinski definition) is 4. The number of nitrogens with zero attached hydrogens (tertiary/aromatic N) is 3. The van der Waals surface area contributed by atoms with Crippen molar-refractivity contribution < 1.29 is 9.47 Å². The third-order valence-corrected chi connectivity index (χ3v) is 7.31. The second-order valence-corrected chi connectivity index (χ2v) is 9.93. The van der Waals surface area contributed by atoms with Crippen LogP contribution in [0.1, 0.15) is 45.9 Å². The number of rotatable bonds is 6. The lowest BCUT2D eigenvalue weighted by molar-refractivity contribution is 0.394. The van der Waals surface area contributed by atoms with Crippen LogP contribution in [0.2, 0.25) is 0 Å². The molecular formula is C30H32N4O2S. The molecule has 4 aromatic rings. The normalized spacial score (nSPS) is 17.1. The number of methoxy groups -OCH3 is 2. The minimum absolute atomic E-state index is 0.143. The zero-order valence-corrected chi connectivity index (χ0v) is 22.9. The Morgan fingerprint density at radius 3 is 2.30 bits per heavy atom. The predicted octanol–water partition coefficient (Wildman–Crippen LogP) is 6.30. The van der Waals surface area contributed by atoms with Gasteiger partial charge in [0.2, 0.25) is 0 Å². The Balaban J connectivity index is 1.71. The topological polar surface area (TPSA) is 51.5 Å². The first-order valence-electron chi connectivity index (χ1n) is 12.3. The second-order valence-electron chi connectivity index (χ2n) is 9.54. The van der Waals surface area contributed by atoms with Crippen LogP contribution in [0.5, 0.6) is 11.5 Å². The van der Waals surface area contributed by atoms with E-state index in [0.717, 1.165) is 34.2 Å². The summed E-state index contributed by atoms with van der Waals surface area (Å²) in [6, 6.07) is 20.5. The van der Waals surface area contributed by atoms with Crippen molar-refractivity contribution >= 4 is 23.0 Å². The maximum atomic E-state index is 5.95. The number of aryl methyl sites for hydroxylation is 3. The van der Waals surface area contributed by atoms with Crippen LogP contribution >= 0.6 is 12.2 Å². The Bertz CT molecular complexity index is 1440. The summed E-state index contributed by atoms with van der Waals surface area (Å²) in [5, 5.41) is 4.19. The molecule has 0 radical (unpaired) electrons. The Morgan fingerprint density at radius 2 is 1.65 bits per heavy atom. The summed E-state index contributed by atoms with van der Waals surface area (Å²) in [6.07, 6.45) is 1.83. The van der Waals surface area contributed by atoms with Gasteiger partial charge in [-0.05, 0) is 99.1 Å². The van der Waals surface area contributed by atoms with Crippen molar-refractivity contribution in [2.24, 2.45) is 0 Å². The van der Waals surface area contributed by atoms with Gasteiger partial charge in [0.1, 0.15) is 11.5 Å². The fourth-order valence-electron chi connectivity index (χ4n) is 5.48. The standard InChI is InChI=1S/C30H32N4O2S/c1-18-13-19(2)15-22(14-18)33-20(3)16-24(21(33)4)29-28(25-9-7-8-12-31-25)32-30(37)34(29)26-11-10-23(35-5)17-27(26)36-6/h7-17,28-29H,1-6H3,(H,32,37)/t28-,29-/m1/s1. The highest BCUT2D eigenvalue weighted by Gasteiger charge is 2.43. The van der Waals surface area contributed by atoms with Gasteiger partial charge in [0.15, 0.2) is 5.11 Å². The highest BCUT2D eigenvalue weighted by molar-refractivity contribution is 7.80. The van der Waals surface area contributed by atoms with Gasteiger partial charge >= 0.3 is 0 Å². The lowest BCUT2D eigenvalue weighted by Gasteiger charge is -2.29. The molecule has 1 saturated heterocycles. The average molecular weight is 513 g/mol. The van der Waals surface area contributed by atoms with Crippen molar-refractivity contribution in [3.63, 3.8) is 0 Å². The first-order chi connectivity index (χ1) is 17.8. The largest absolute Gasteiger partial charge is 0.497 e. The maximum Gasteiger partial charge on any atom is 0.174 e. The molecule has 1 N–H and O–H groups in total. The molecule has 0 unspecified atom stereocenters. The highest BCUT2D eigenvalue weighted by Crippen LogP contribution is 2.46. The molecule has 2 atom stereocenters. The van der Waals surface area contributed by atoms with Gasteiger partial charge in [-0.15, -0.1) is 0 Å². The number of pyridine rings is 1. The monoisotopic (exact) mass is 512 g/mol. The minimum Gasteiger partial charge on any atom is -0.497 e. The van der Waals surface area contributed by atoms with Crippen molar-refractivity contribution in [2.75, 3.05) is 19.1 Å². The summed E-state index contributed by atoms with van der Waals surface area (Å²) < 4.78 is 13.6. The van der Waals surface area contributed by atoms with E-state index in [1.165, 1.54) is 16.7 Å². The van der Waals surface area contributed by atoms with Crippen molar-refractivity contribution in [3.8, 4) is 17.2 Å². The molecule has 5 rings (SSSR count). The number of ether oxygens (including phenoxy) is 2. The molecule has 6 nitrogen and oxygen atoms in total. The zero-order chi connectivity index (χ0) is 26.3. The van der Waals surface area contributed by atoms with Gasteiger partial charge in [0, 0.05) is 29.3 Å². The van der Waals surface area contributed by atoms with E-state index < -0.39 is 0 Å². The highest BCUT2D eigenvalue weighted by atomic mass is 32.1. The van der Waals surface area contributed by atoms with Crippen LogP contribution in [0.25, 0.3) is 5.69 Å². The Morgan fingerprint density at radius 1 is 0.892 bits per heavy atom. The summed E-state index contributed by atoms with van der Waals surface area (Å²) in [5.74, 6) is 1.42. The predicted molar refractivity (Wildman–Crippen MR) is 152 cm³/mol. The first kappa shape index (κ1) is 24.8. The molecule has 190 valence electrons. The van der Waals surface area contributed by atoms with Crippen molar-refractivity contribution in [2.45, 2.75) is 39.8 Å². The summed E-state index contributed by atoms with van der Waals surface area (Å²) >= 11 is 5.95. The van der Waals surface area contributed by atoms with Gasteiger partial charge in [0.05, 0.1) is 37.7 Å². The SMILES string of the molecule is COc1ccc(N2C(=S)N[C@H](c3ccccn3)[C@H]2c2cc(C)n(-c3cc(C)cc(C)c3)c2C)c(OC)c1. The molecule has 2 aromatic carbocycles. The van der Waals surface area contributed by atoms with Crippen LogP contribution in [0.3, 0.4) is 0 Å². The summed E-state index contributed by atoms with van der Waals surface area (Å²) in [6.45, 7) is 8.61. The van der Waals surface area contributed by atoms with E-state index in [9.17, 15) is 0 Å². The van der Waals surface area contributed by atoms with Gasteiger partial charge in [-0.1, -0.05) is 12.1 Å². The van der Waals surface area contributed by atoms with Crippen molar-refractivity contribution in [3.05, 3.63) is 101 Å². The molecule has 1 fully saturated rings. The van der Waals surface area contributed by atoms with Gasteiger partial charge in [-0.2, -0.15) is 0 Å². The molecule has 0 aliphatic carbocycles. The maximum absolute atomic E-state index is 5.95. The fraction of sp³-hybridized carbons (Fsp3) is 0.267. The molecule has 1 aliphatic rings. The van der Waals surface area contributed by atoms with Crippen LogP contribution in [-0.2, 0) is 0 Å². The van der Waals surface area contributed by atoms with E-state index >= 15 is 0 Å². The fourth-order valence-corrected chi connectivity index (χ4v) is 5.82. The van der Waals surface area contributed by atoms with Crippen LogP contribution in [0.4, 0.5) is 5.69 Å². The molecule has 3 heterocycles. The molecule has 0 bridgehead atoms. The molecule has 0 saturated carbocycles. The molecule has 0 spiro atoms. The number of hydrogen-bond donors (Lipinski definition) is 1. The summed E-state index contributed by atoms with van der Waals surface area (Å²) in [4.78, 5) is 6.86. The number of aromatic nitrogens is 2. The van der Waals surface area contributed by atoms with Gasteiger partial charge in [-0.3, -0.25) is 4.98 Å². The Kier molecular flexibility index (Phi) is 6.65. The molecular weight excluding hydrogens is 480 g/mol. The molecule has 1 aliphatic heterocycles. The van der Waals surface area contributed by atoms with Crippen molar-refractivity contribution in [1.82, 2.24) is 14.9 Å². The lowest BCUT2D eigenvalue weighted by atomic mass is 9.96. The molecule has 2 aromatic heterocycles. The van der Waals surface area contributed by atoms with Crippen LogP contribution in [0, 0.1) is 27.7 Å². The molecule has 37 heavy (non-hydrogen) atoms. The van der Waals surface area contributed by atoms with Gasteiger partial charge in [0.25, 0.3) is 0 Å². The lowest BCUT2D eigenvalue weighted by Crippen LogP contribution is -2.30. The van der Waals surface area contributed by atoms with E-state index in [4.69, 9.17) is 26.7 Å². The quantitative estimate of drug-likeness (QED) is 0.306. The van der Waals surface area contributed by atoms with E-state index in [0.29, 0.717) is 10.9 Å². The Hall–Kier alpha value is -3.84. The van der Waals surface area contributed by atoms with E-state index in [1.54, 1.807) is 14.2 Å². The van der Waals surface area contributed by atoms with E-state index in [-0.39, 0.29) is 12.1 Å². The molecule has 7 heteroatoms. The van der Waals surface area contributed by atoms with Crippen molar-refractivity contribution in [1.29, 1.82) is 0 Å². The van der Waals surface area contributed by atoms with E-state index in [2.05, 4.69) is 66.7 Å². The van der Waals surface area contributed by atoms with E-state index in [1.807, 2.05) is 42.6 Å². The van der Waals surface area contributed by atoms with Gasteiger partial charge < -0.3 is 24.3 Å². The van der Waals surface area contributed by atoms with Crippen LogP contribution in [-0.4, -0.2) is 28.9 Å². The summed E-state index contributed by atoms with van der Waals surface area (Å²) in [7, 11) is 3.32. The van der Waals surface area contributed by atoms with Gasteiger partial charge in [-0.25, -0.2) is 0 Å². The third-order valence-electron chi connectivity index (χ3n) is 7.00. The van der Waals surface area contributed by atoms with Crippen LogP contribution < -0.4 is 19.7 Å². The summed E-state index contributed by atoms with van der Waals surface area (Å²) in [5.41, 5.74) is 8.95. The number of anilines is 1. The smallest absolute Gasteiger partial charge is 0.174 e. The van der Waals surface area contributed by atoms with Crippen LogP contribution in [0.15, 0.2) is 66.9 Å². The number of thiocarbonyl (C=S) groups is 1. The third kappa shape index (κ3) is 4.44. The minimum atomic E-state index is -0.145. The zero-order valence-electron chi connectivity index (χ0n) is 22.1. The first-order valence-corrected chi connectivity index (χ1v) is 12.7.